The van der Waals surface area contributed by atoms with E-state index < -0.39 is 0 Å². The summed E-state index contributed by atoms with van der Waals surface area (Å²) in [4.78, 5) is 15.1. The number of benzene rings is 3. The van der Waals surface area contributed by atoms with Crippen molar-refractivity contribution in [1.29, 1.82) is 0 Å². The molecule has 5 nitrogen and oxygen atoms in total. The van der Waals surface area contributed by atoms with Gasteiger partial charge >= 0.3 is 0 Å². The third kappa shape index (κ3) is 4.04. The summed E-state index contributed by atoms with van der Waals surface area (Å²) in [6.45, 7) is 1.86. The van der Waals surface area contributed by atoms with Gasteiger partial charge in [0.25, 0.3) is 5.91 Å². The van der Waals surface area contributed by atoms with Gasteiger partial charge in [0, 0.05) is 30.4 Å². The highest BCUT2D eigenvalue weighted by molar-refractivity contribution is 6.05. The maximum absolute atomic E-state index is 12.7. The van der Waals surface area contributed by atoms with Crippen LogP contribution < -0.4 is 19.7 Å². The summed E-state index contributed by atoms with van der Waals surface area (Å²) in [6.07, 6.45) is 1.08. The lowest BCUT2D eigenvalue weighted by molar-refractivity contribution is 0.102. The van der Waals surface area contributed by atoms with Crippen molar-refractivity contribution in [2.75, 3.05) is 31.0 Å². The fraction of sp³-hybridized carbons (Fsp3) is 0.208. The molecule has 1 aliphatic rings. The zero-order valence-corrected chi connectivity index (χ0v) is 16.6. The summed E-state index contributed by atoms with van der Waals surface area (Å²) >= 11 is 0. The Balaban J connectivity index is 1.45. The standard InChI is InChI=1S/C24H24N2O3/c1-28-20-11-12-23(29-2)21(15-20)25-24(27)19-9-7-17(8-10-19)16-26-14-13-18-5-3-4-6-22(18)26/h3-12,15H,13-14,16H2,1-2H3,(H,25,27). The normalized spacial score (nSPS) is 12.4. The summed E-state index contributed by atoms with van der Waals surface area (Å²) in [7, 11) is 3.16. The molecule has 0 aliphatic carbocycles. The SMILES string of the molecule is COc1ccc(OC)c(NC(=O)c2ccc(CN3CCc4ccccc43)cc2)c1. The Hall–Kier alpha value is -3.47. The average Bonchev–Trinajstić information content (AvgIpc) is 3.17. The molecular formula is C24H24N2O3. The third-order valence-corrected chi connectivity index (χ3v) is 5.23. The molecule has 0 aromatic heterocycles. The molecule has 1 N–H and O–H groups in total. The number of ether oxygens (including phenoxy) is 2. The van der Waals surface area contributed by atoms with Gasteiger partial charge in [0.2, 0.25) is 0 Å². The molecule has 5 heteroatoms. The number of methoxy groups -OCH3 is 2. The van der Waals surface area contributed by atoms with E-state index in [9.17, 15) is 4.79 Å². The second-order valence-electron chi connectivity index (χ2n) is 7.02. The van der Waals surface area contributed by atoms with Crippen LogP contribution in [0.1, 0.15) is 21.5 Å². The Morgan fingerprint density at radius 3 is 2.55 bits per heavy atom. The summed E-state index contributed by atoms with van der Waals surface area (Å²) < 4.78 is 10.6. The van der Waals surface area contributed by atoms with Gasteiger partial charge in [-0.25, -0.2) is 0 Å². The maximum atomic E-state index is 12.7. The molecule has 3 aromatic rings. The van der Waals surface area contributed by atoms with Crippen molar-refractivity contribution >= 4 is 17.3 Å². The smallest absolute Gasteiger partial charge is 0.255 e. The minimum absolute atomic E-state index is 0.186. The minimum Gasteiger partial charge on any atom is -0.497 e. The van der Waals surface area contributed by atoms with Gasteiger partial charge in [0.15, 0.2) is 0 Å². The number of para-hydroxylation sites is 1. The number of anilines is 2. The number of nitrogens with one attached hydrogen (secondary N) is 1. The molecule has 148 valence electrons. The largest absolute Gasteiger partial charge is 0.497 e. The predicted octanol–water partition coefficient (Wildman–Crippen LogP) is 4.52. The van der Waals surface area contributed by atoms with Crippen LogP contribution in [0.5, 0.6) is 11.5 Å². The van der Waals surface area contributed by atoms with E-state index in [1.165, 1.54) is 16.8 Å². The molecular weight excluding hydrogens is 364 g/mol. The number of nitrogens with zero attached hydrogens (tertiary/aromatic N) is 1. The van der Waals surface area contributed by atoms with Crippen molar-refractivity contribution in [2.45, 2.75) is 13.0 Å². The number of carbonyl (C=O) groups is 1. The Labute approximate surface area is 170 Å². The topological polar surface area (TPSA) is 50.8 Å². The summed E-state index contributed by atoms with van der Waals surface area (Å²) in [5, 5.41) is 2.90. The monoisotopic (exact) mass is 388 g/mol. The van der Waals surface area contributed by atoms with Gasteiger partial charge in [-0.2, -0.15) is 0 Å². The Morgan fingerprint density at radius 1 is 1.00 bits per heavy atom. The van der Waals surface area contributed by atoms with Crippen LogP contribution in [0.3, 0.4) is 0 Å². The summed E-state index contributed by atoms with van der Waals surface area (Å²) in [5.41, 5.74) is 5.06. The molecule has 3 aromatic carbocycles. The number of amides is 1. The first-order valence-electron chi connectivity index (χ1n) is 9.63. The van der Waals surface area contributed by atoms with E-state index in [4.69, 9.17) is 9.47 Å². The van der Waals surface area contributed by atoms with Gasteiger partial charge in [0.05, 0.1) is 19.9 Å². The average molecular weight is 388 g/mol. The van der Waals surface area contributed by atoms with E-state index in [1.807, 2.05) is 24.3 Å². The fourth-order valence-corrected chi connectivity index (χ4v) is 3.66. The van der Waals surface area contributed by atoms with Gasteiger partial charge in [-0.15, -0.1) is 0 Å². The van der Waals surface area contributed by atoms with E-state index in [-0.39, 0.29) is 5.91 Å². The fourth-order valence-electron chi connectivity index (χ4n) is 3.66. The number of rotatable bonds is 6. The molecule has 0 fully saturated rings. The highest BCUT2D eigenvalue weighted by Crippen LogP contribution is 2.30. The molecule has 1 heterocycles. The number of hydrogen-bond donors (Lipinski definition) is 1. The summed E-state index contributed by atoms with van der Waals surface area (Å²) in [6, 6.07) is 21.6. The highest BCUT2D eigenvalue weighted by atomic mass is 16.5. The molecule has 4 rings (SSSR count). The lowest BCUT2D eigenvalue weighted by Gasteiger charge is -2.19. The molecule has 0 atom stereocenters. The lowest BCUT2D eigenvalue weighted by atomic mass is 10.1. The van der Waals surface area contributed by atoms with Gasteiger partial charge in [-0.3, -0.25) is 4.79 Å². The number of carbonyl (C=O) groups excluding carboxylic acids is 1. The van der Waals surface area contributed by atoms with E-state index in [1.54, 1.807) is 32.4 Å². The van der Waals surface area contributed by atoms with E-state index in [0.717, 1.165) is 19.5 Å². The van der Waals surface area contributed by atoms with E-state index in [2.05, 4.69) is 34.5 Å². The van der Waals surface area contributed by atoms with Crippen molar-refractivity contribution in [2.24, 2.45) is 0 Å². The predicted molar refractivity (Wildman–Crippen MR) is 115 cm³/mol. The quantitative estimate of drug-likeness (QED) is 0.675. The first kappa shape index (κ1) is 18.9. The van der Waals surface area contributed by atoms with Crippen LogP contribution in [-0.4, -0.2) is 26.7 Å². The van der Waals surface area contributed by atoms with Crippen molar-refractivity contribution in [3.05, 3.63) is 83.4 Å². The molecule has 29 heavy (non-hydrogen) atoms. The van der Waals surface area contributed by atoms with Crippen LogP contribution in [0.2, 0.25) is 0 Å². The highest BCUT2D eigenvalue weighted by Gasteiger charge is 2.18. The molecule has 0 saturated carbocycles. The Bertz CT molecular complexity index is 1010. The summed E-state index contributed by atoms with van der Waals surface area (Å²) in [5.74, 6) is 1.06. The molecule has 1 aliphatic heterocycles. The first-order chi connectivity index (χ1) is 14.2. The minimum atomic E-state index is -0.186. The molecule has 0 bridgehead atoms. The number of hydrogen-bond acceptors (Lipinski definition) is 4. The molecule has 0 unspecified atom stereocenters. The first-order valence-corrected chi connectivity index (χ1v) is 9.63. The lowest BCUT2D eigenvalue weighted by Crippen LogP contribution is -2.19. The maximum Gasteiger partial charge on any atom is 0.255 e. The van der Waals surface area contributed by atoms with Crippen molar-refractivity contribution < 1.29 is 14.3 Å². The van der Waals surface area contributed by atoms with Gasteiger partial charge in [-0.05, 0) is 47.9 Å². The third-order valence-electron chi connectivity index (χ3n) is 5.23. The zero-order valence-electron chi connectivity index (χ0n) is 16.6. The van der Waals surface area contributed by atoms with Crippen molar-refractivity contribution in [1.82, 2.24) is 0 Å². The second-order valence-corrected chi connectivity index (χ2v) is 7.02. The second kappa shape index (κ2) is 8.27. The van der Waals surface area contributed by atoms with Crippen LogP contribution >= 0.6 is 0 Å². The van der Waals surface area contributed by atoms with Crippen LogP contribution in [0.25, 0.3) is 0 Å². The Morgan fingerprint density at radius 2 is 1.79 bits per heavy atom. The van der Waals surface area contributed by atoms with Gasteiger partial charge in [0.1, 0.15) is 11.5 Å². The zero-order chi connectivity index (χ0) is 20.2. The van der Waals surface area contributed by atoms with Crippen LogP contribution in [-0.2, 0) is 13.0 Å². The molecule has 0 radical (unpaired) electrons. The van der Waals surface area contributed by atoms with Crippen LogP contribution in [0, 0.1) is 0 Å². The van der Waals surface area contributed by atoms with Crippen molar-refractivity contribution in [3.8, 4) is 11.5 Å². The molecule has 0 spiro atoms. The van der Waals surface area contributed by atoms with E-state index >= 15 is 0 Å². The Kier molecular flexibility index (Phi) is 5.38. The van der Waals surface area contributed by atoms with Gasteiger partial charge < -0.3 is 19.7 Å². The van der Waals surface area contributed by atoms with Gasteiger partial charge in [-0.1, -0.05) is 30.3 Å². The van der Waals surface area contributed by atoms with Crippen LogP contribution in [0.15, 0.2) is 66.7 Å². The van der Waals surface area contributed by atoms with Crippen LogP contribution in [0.4, 0.5) is 11.4 Å². The number of fused-ring (bicyclic) bond motifs is 1. The molecule has 1 amide bonds. The van der Waals surface area contributed by atoms with E-state index in [0.29, 0.717) is 22.7 Å². The van der Waals surface area contributed by atoms with Crippen molar-refractivity contribution in [3.63, 3.8) is 0 Å². The molecule has 0 saturated heterocycles.